The maximum atomic E-state index is 12.9. The molecule has 1 aliphatic heterocycles. The normalized spacial score (nSPS) is 16.4. The summed E-state index contributed by atoms with van der Waals surface area (Å²) in [6, 6.07) is 12.1. The summed E-state index contributed by atoms with van der Waals surface area (Å²) in [4.78, 5) is 12.9. The van der Waals surface area contributed by atoms with Crippen LogP contribution >= 0.6 is 11.6 Å². The van der Waals surface area contributed by atoms with Crippen molar-refractivity contribution in [2.24, 2.45) is 5.92 Å². The van der Waals surface area contributed by atoms with E-state index in [0.29, 0.717) is 48.0 Å². The molecule has 1 fully saturated rings. The van der Waals surface area contributed by atoms with E-state index in [9.17, 15) is 13.2 Å². The van der Waals surface area contributed by atoms with E-state index in [1.807, 2.05) is 13.0 Å². The Kier molecular flexibility index (Phi) is 8.03. The van der Waals surface area contributed by atoms with Gasteiger partial charge in [-0.2, -0.15) is 0 Å². The molecule has 0 radical (unpaired) electrons. The van der Waals surface area contributed by atoms with Crippen molar-refractivity contribution in [2.75, 3.05) is 27.3 Å². The zero-order valence-corrected chi connectivity index (χ0v) is 20.1. The minimum atomic E-state index is -3.50. The molecule has 1 amide bonds. The van der Waals surface area contributed by atoms with Gasteiger partial charge in [0.2, 0.25) is 15.9 Å². The molecule has 1 aliphatic rings. The molecule has 0 bridgehead atoms. The summed E-state index contributed by atoms with van der Waals surface area (Å²) in [6.07, 6.45) is 0.936. The number of carbonyl (C=O) groups excluding carboxylic acids is 1. The Labute approximate surface area is 194 Å². The Morgan fingerprint density at radius 3 is 2.47 bits per heavy atom. The number of hydrogen-bond donors (Lipinski definition) is 1. The predicted octanol–water partition coefficient (Wildman–Crippen LogP) is 3.78. The fourth-order valence-corrected chi connectivity index (χ4v) is 5.76. The first-order valence-corrected chi connectivity index (χ1v) is 12.5. The van der Waals surface area contributed by atoms with Gasteiger partial charge in [-0.3, -0.25) is 4.79 Å². The first-order chi connectivity index (χ1) is 15.2. The lowest BCUT2D eigenvalue weighted by atomic mass is 9.96. The molecule has 0 aromatic heterocycles. The molecule has 0 saturated carbocycles. The second kappa shape index (κ2) is 10.6. The van der Waals surface area contributed by atoms with Gasteiger partial charge in [0.05, 0.1) is 26.0 Å². The molecule has 2 aromatic carbocycles. The second-order valence-corrected chi connectivity index (χ2v) is 10.2. The van der Waals surface area contributed by atoms with Crippen molar-refractivity contribution in [2.45, 2.75) is 31.6 Å². The van der Waals surface area contributed by atoms with Gasteiger partial charge in [-0.15, -0.1) is 0 Å². The number of benzene rings is 2. The Morgan fingerprint density at radius 2 is 1.84 bits per heavy atom. The van der Waals surface area contributed by atoms with Gasteiger partial charge in [0.1, 0.15) is 11.5 Å². The van der Waals surface area contributed by atoms with E-state index in [1.54, 1.807) is 50.6 Å². The molecule has 32 heavy (non-hydrogen) atoms. The van der Waals surface area contributed by atoms with Gasteiger partial charge in [-0.25, -0.2) is 12.7 Å². The summed E-state index contributed by atoms with van der Waals surface area (Å²) in [5.74, 6) is 0.861. The molecular formula is C23H29ClN2O5S. The molecule has 0 spiro atoms. The summed E-state index contributed by atoms with van der Waals surface area (Å²) in [5.41, 5.74) is 1.40. The maximum absolute atomic E-state index is 12.9. The lowest BCUT2D eigenvalue weighted by Crippen LogP contribution is -2.43. The second-order valence-electron chi connectivity index (χ2n) is 7.86. The summed E-state index contributed by atoms with van der Waals surface area (Å²) in [5, 5.41) is 3.47. The van der Waals surface area contributed by atoms with Gasteiger partial charge in [0.15, 0.2) is 0 Å². The molecule has 1 saturated heterocycles. The van der Waals surface area contributed by atoms with Crippen molar-refractivity contribution in [3.8, 4) is 11.5 Å². The first kappa shape index (κ1) is 24.4. The van der Waals surface area contributed by atoms with Gasteiger partial charge in [0.25, 0.3) is 0 Å². The number of ether oxygens (including phenoxy) is 2. The van der Waals surface area contributed by atoms with Gasteiger partial charge in [0, 0.05) is 29.6 Å². The van der Waals surface area contributed by atoms with Gasteiger partial charge in [-0.05, 0) is 49.6 Å². The monoisotopic (exact) mass is 480 g/mol. The third-order valence-electron chi connectivity index (χ3n) is 5.78. The van der Waals surface area contributed by atoms with E-state index in [-0.39, 0.29) is 23.6 Å². The molecule has 174 valence electrons. The highest BCUT2D eigenvalue weighted by Gasteiger charge is 2.32. The van der Waals surface area contributed by atoms with Crippen molar-refractivity contribution in [1.29, 1.82) is 0 Å². The van der Waals surface area contributed by atoms with Gasteiger partial charge in [-0.1, -0.05) is 29.8 Å². The summed E-state index contributed by atoms with van der Waals surface area (Å²) in [6.45, 7) is 2.50. The predicted molar refractivity (Wildman–Crippen MR) is 124 cm³/mol. The van der Waals surface area contributed by atoms with Crippen LogP contribution in [0.25, 0.3) is 0 Å². The smallest absolute Gasteiger partial charge is 0.223 e. The number of rotatable bonds is 8. The zero-order valence-electron chi connectivity index (χ0n) is 18.5. The number of piperidine rings is 1. The molecule has 0 unspecified atom stereocenters. The molecule has 7 nitrogen and oxygen atoms in total. The van der Waals surface area contributed by atoms with Crippen LogP contribution in [0.5, 0.6) is 11.5 Å². The Hall–Kier alpha value is -2.29. The van der Waals surface area contributed by atoms with Crippen LogP contribution in [0.15, 0.2) is 42.5 Å². The van der Waals surface area contributed by atoms with Crippen molar-refractivity contribution in [3.63, 3.8) is 0 Å². The maximum Gasteiger partial charge on any atom is 0.223 e. The summed E-state index contributed by atoms with van der Waals surface area (Å²) in [7, 11) is -0.336. The first-order valence-electron chi connectivity index (χ1n) is 10.5. The summed E-state index contributed by atoms with van der Waals surface area (Å²) < 4.78 is 37.8. The Balaban J connectivity index is 1.59. The quantitative estimate of drug-likeness (QED) is 0.621. The van der Waals surface area contributed by atoms with Gasteiger partial charge < -0.3 is 14.8 Å². The lowest BCUT2D eigenvalue weighted by Gasteiger charge is -2.31. The van der Waals surface area contributed by atoms with Crippen molar-refractivity contribution in [3.05, 3.63) is 58.6 Å². The van der Waals surface area contributed by atoms with E-state index in [0.717, 1.165) is 5.56 Å². The van der Waals surface area contributed by atoms with Crippen molar-refractivity contribution < 1.29 is 22.7 Å². The highest BCUT2D eigenvalue weighted by molar-refractivity contribution is 7.88. The van der Waals surface area contributed by atoms with Crippen molar-refractivity contribution in [1.82, 2.24) is 9.62 Å². The molecule has 1 N–H and O–H groups in total. The van der Waals surface area contributed by atoms with Crippen molar-refractivity contribution >= 4 is 27.5 Å². The molecule has 0 aliphatic carbocycles. The Bertz CT molecular complexity index is 1050. The molecule has 3 rings (SSSR count). The van der Waals surface area contributed by atoms with E-state index in [1.165, 1.54) is 4.31 Å². The van der Waals surface area contributed by atoms with E-state index < -0.39 is 10.0 Å². The number of halogens is 1. The third-order valence-corrected chi connectivity index (χ3v) is 7.97. The lowest BCUT2D eigenvalue weighted by molar-refractivity contribution is -0.126. The molecule has 1 atom stereocenters. The highest BCUT2D eigenvalue weighted by atomic mass is 35.5. The number of amides is 1. The van der Waals surface area contributed by atoms with E-state index >= 15 is 0 Å². The molecule has 1 heterocycles. The standard InChI is InChI=1S/C23H29ClN2O5S/c1-16(20-14-19(30-2)8-9-22(20)31-3)25-23(27)17-10-12-26(13-11-17)32(28,29)15-18-6-4-5-7-21(18)24/h4-9,14,16-17H,10-13,15H2,1-3H3,(H,25,27)/t16-/m0/s1. The minimum absolute atomic E-state index is 0.0921. The number of nitrogens with zero attached hydrogens (tertiary/aromatic N) is 1. The summed E-state index contributed by atoms with van der Waals surface area (Å²) >= 11 is 6.12. The molecule has 9 heteroatoms. The van der Waals surface area contributed by atoms with Crippen LogP contribution in [0.1, 0.15) is 36.9 Å². The average Bonchev–Trinajstić information content (AvgIpc) is 2.80. The SMILES string of the molecule is COc1ccc(OC)c([C@H](C)NC(=O)C2CCN(S(=O)(=O)Cc3ccccc3Cl)CC2)c1. The number of nitrogens with one attached hydrogen (secondary N) is 1. The Morgan fingerprint density at radius 1 is 1.16 bits per heavy atom. The fraction of sp³-hybridized carbons (Fsp3) is 0.435. The van der Waals surface area contributed by atoms with Crippen LogP contribution in [0.2, 0.25) is 5.02 Å². The van der Waals surface area contributed by atoms with Crippen LogP contribution in [0.3, 0.4) is 0 Å². The topological polar surface area (TPSA) is 84.9 Å². The van der Waals surface area contributed by atoms with Crippen LogP contribution < -0.4 is 14.8 Å². The number of carbonyl (C=O) groups is 1. The molecule has 2 aromatic rings. The number of hydrogen-bond acceptors (Lipinski definition) is 5. The minimum Gasteiger partial charge on any atom is -0.497 e. The average molecular weight is 481 g/mol. The third kappa shape index (κ3) is 5.74. The van der Waals surface area contributed by atoms with E-state index in [2.05, 4.69) is 5.32 Å². The van der Waals surface area contributed by atoms with Gasteiger partial charge >= 0.3 is 0 Å². The zero-order chi connectivity index (χ0) is 23.3. The van der Waals surface area contributed by atoms with Crippen LogP contribution in [-0.2, 0) is 20.6 Å². The van der Waals surface area contributed by atoms with Crippen LogP contribution in [-0.4, -0.2) is 45.9 Å². The van der Waals surface area contributed by atoms with Crippen LogP contribution in [0, 0.1) is 5.92 Å². The van der Waals surface area contributed by atoms with E-state index in [4.69, 9.17) is 21.1 Å². The fourth-order valence-electron chi connectivity index (χ4n) is 3.89. The molecular weight excluding hydrogens is 452 g/mol. The highest BCUT2D eigenvalue weighted by Crippen LogP contribution is 2.30. The number of sulfonamides is 1. The largest absolute Gasteiger partial charge is 0.497 e. The van der Waals surface area contributed by atoms with Crippen LogP contribution in [0.4, 0.5) is 0 Å². The number of methoxy groups -OCH3 is 2.